The predicted molar refractivity (Wildman–Crippen MR) is 145 cm³/mol. The fraction of sp³-hybridized carbons (Fsp3) is 0.107. The molecule has 0 saturated heterocycles. The van der Waals surface area contributed by atoms with Gasteiger partial charge in [-0.25, -0.2) is 0 Å². The summed E-state index contributed by atoms with van der Waals surface area (Å²) < 4.78 is 10.6. The Labute approximate surface area is 209 Å². The second-order valence-electron chi connectivity index (χ2n) is 7.77. The van der Waals surface area contributed by atoms with Crippen LogP contribution >= 0.6 is 11.3 Å². The lowest BCUT2D eigenvalue weighted by Crippen LogP contribution is -2.09. The molecule has 4 rings (SSSR count). The van der Waals surface area contributed by atoms with Crippen molar-refractivity contribution >= 4 is 40.4 Å². The number of methoxy groups -OCH3 is 2. The largest absolute Gasteiger partial charge is 0.493 e. The molecule has 0 fully saturated rings. The summed E-state index contributed by atoms with van der Waals surface area (Å²) in [5.41, 5.74) is 11.2. The van der Waals surface area contributed by atoms with Crippen LogP contribution in [0.25, 0.3) is 16.5 Å². The van der Waals surface area contributed by atoms with E-state index in [-0.39, 0.29) is 5.91 Å². The third kappa shape index (κ3) is 6.22. The maximum atomic E-state index is 12.5. The average molecular weight is 486 g/mol. The molecule has 3 aromatic carbocycles. The highest BCUT2D eigenvalue weighted by molar-refractivity contribution is 7.13. The van der Waals surface area contributed by atoms with Crippen molar-refractivity contribution < 1.29 is 14.3 Å². The number of nitrogens with one attached hydrogen (secondary N) is 2. The van der Waals surface area contributed by atoms with Gasteiger partial charge in [0.25, 0.3) is 0 Å². The molecule has 0 unspecified atom stereocenters. The van der Waals surface area contributed by atoms with Gasteiger partial charge in [0.1, 0.15) is 0 Å². The number of thiophene rings is 1. The second kappa shape index (κ2) is 11.3. The second-order valence-corrected chi connectivity index (χ2v) is 8.71. The highest BCUT2D eigenvalue weighted by Gasteiger charge is 2.07. The molecule has 0 saturated carbocycles. The fourth-order valence-electron chi connectivity index (χ4n) is 3.50. The molecule has 4 N–H and O–H groups in total. The van der Waals surface area contributed by atoms with Crippen LogP contribution in [0.15, 0.2) is 84.3 Å². The van der Waals surface area contributed by atoms with E-state index >= 15 is 0 Å². The molecular formula is C28H27N3O3S. The molecule has 0 spiro atoms. The van der Waals surface area contributed by atoms with Crippen LogP contribution in [0.5, 0.6) is 11.5 Å². The predicted octanol–water partition coefficient (Wildman–Crippen LogP) is 6.28. The number of nitrogen functional groups attached to an aromatic ring is 1. The number of carbonyl (C=O) groups excluding carboxylic acids is 1. The van der Waals surface area contributed by atoms with Gasteiger partial charge in [0, 0.05) is 29.3 Å². The normalized spacial score (nSPS) is 10.8. The van der Waals surface area contributed by atoms with Crippen molar-refractivity contribution in [3.05, 3.63) is 95.4 Å². The zero-order valence-electron chi connectivity index (χ0n) is 19.6. The van der Waals surface area contributed by atoms with Gasteiger partial charge < -0.3 is 25.8 Å². The van der Waals surface area contributed by atoms with E-state index in [1.807, 2.05) is 78.2 Å². The van der Waals surface area contributed by atoms with Crippen LogP contribution in [0.2, 0.25) is 0 Å². The summed E-state index contributed by atoms with van der Waals surface area (Å²) in [4.78, 5) is 13.6. The molecule has 1 aromatic heterocycles. The molecule has 6 nitrogen and oxygen atoms in total. The van der Waals surface area contributed by atoms with Crippen molar-refractivity contribution in [2.24, 2.45) is 0 Å². The fourth-order valence-corrected chi connectivity index (χ4v) is 4.23. The van der Waals surface area contributed by atoms with E-state index in [0.717, 1.165) is 27.3 Å². The number of amides is 1. The number of hydrogen-bond donors (Lipinski definition) is 3. The molecule has 7 heteroatoms. The van der Waals surface area contributed by atoms with Crippen molar-refractivity contribution in [1.82, 2.24) is 0 Å². The zero-order chi connectivity index (χ0) is 24.6. The Kier molecular flexibility index (Phi) is 7.70. The first-order valence-electron chi connectivity index (χ1n) is 11.0. The Morgan fingerprint density at radius 3 is 2.49 bits per heavy atom. The summed E-state index contributed by atoms with van der Waals surface area (Å²) in [6.07, 6.45) is 3.29. The van der Waals surface area contributed by atoms with Crippen LogP contribution in [0.3, 0.4) is 0 Å². The first-order chi connectivity index (χ1) is 17.1. The van der Waals surface area contributed by atoms with Crippen molar-refractivity contribution in [2.75, 3.05) is 30.6 Å². The molecule has 0 radical (unpaired) electrons. The van der Waals surface area contributed by atoms with E-state index in [0.29, 0.717) is 29.4 Å². The quantitative estimate of drug-likeness (QED) is 0.192. The number of carbonyl (C=O) groups is 1. The Bertz CT molecular complexity index is 1320. The average Bonchev–Trinajstić information content (AvgIpc) is 3.43. The SMILES string of the molecule is COc1ccc(NCc2ccc(/C=C/C(=O)Nc3cc(-c4cccs4)ccc3N)cc2)cc1OC. The van der Waals surface area contributed by atoms with Crippen molar-refractivity contribution in [2.45, 2.75) is 6.54 Å². The number of rotatable bonds is 9. The summed E-state index contributed by atoms with van der Waals surface area (Å²) in [6.45, 7) is 0.653. The van der Waals surface area contributed by atoms with Crippen molar-refractivity contribution in [3.63, 3.8) is 0 Å². The first-order valence-corrected chi connectivity index (χ1v) is 11.9. The highest BCUT2D eigenvalue weighted by atomic mass is 32.1. The molecule has 0 aliphatic heterocycles. The Balaban J connectivity index is 1.34. The van der Waals surface area contributed by atoms with Gasteiger partial charge in [-0.3, -0.25) is 4.79 Å². The van der Waals surface area contributed by atoms with E-state index in [9.17, 15) is 4.79 Å². The summed E-state index contributed by atoms with van der Waals surface area (Å²) >= 11 is 1.64. The van der Waals surface area contributed by atoms with Gasteiger partial charge in [-0.05, 0) is 58.5 Å². The minimum atomic E-state index is -0.237. The van der Waals surface area contributed by atoms with Gasteiger partial charge in [0.05, 0.1) is 25.6 Å². The Hall–Kier alpha value is -4.23. The molecule has 178 valence electrons. The van der Waals surface area contributed by atoms with Crippen LogP contribution in [0, 0.1) is 0 Å². The van der Waals surface area contributed by atoms with E-state index in [1.54, 1.807) is 31.6 Å². The molecule has 35 heavy (non-hydrogen) atoms. The smallest absolute Gasteiger partial charge is 0.248 e. The summed E-state index contributed by atoms with van der Waals surface area (Å²) in [7, 11) is 3.23. The van der Waals surface area contributed by atoms with Crippen molar-refractivity contribution in [3.8, 4) is 21.9 Å². The summed E-state index contributed by atoms with van der Waals surface area (Å²) in [6, 6.07) is 23.4. The van der Waals surface area contributed by atoms with E-state index in [1.165, 1.54) is 6.08 Å². The van der Waals surface area contributed by atoms with E-state index in [2.05, 4.69) is 10.6 Å². The Morgan fingerprint density at radius 2 is 1.77 bits per heavy atom. The van der Waals surface area contributed by atoms with Crippen LogP contribution in [0.1, 0.15) is 11.1 Å². The van der Waals surface area contributed by atoms with Gasteiger partial charge in [-0.1, -0.05) is 36.4 Å². The standard InChI is InChI=1S/C28H27N3O3S/c1-33-25-13-11-22(17-26(25)34-2)30-18-20-7-5-19(6-8-20)9-14-28(32)31-24-16-21(10-12-23(24)29)27-4-3-15-35-27/h3-17,30H,18,29H2,1-2H3,(H,31,32)/b14-9+. The maximum Gasteiger partial charge on any atom is 0.248 e. The van der Waals surface area contributed by atoms with Gasteiger partial charge >= 0.3 is 0 Å². The van der Waals surface area contributed by atoms with Crippen LogP contribution < -0.4 is 25.8 Å². The monoisotopic (exact) mass is 485 g/mol. The van der Waals surface area contributed by atoms with Crippen LogP contribution in [-0.2, 0) is 11.3 Å². The molecule has 0 bridgehead atoms. The number of benzene rings is 3. The van der Waals surface area contributed by atoms with Gasteiger partial charge in [0.2, 0.25) is 5.91 Å². The molecule has 4 aromatic rings. The Morgan fingerprint density at radius 1 is 0.971 bits per heavy atom. The summed E-state index contributed by atoms with van der Waals surface area (Å²) in [5, 5.41) is 8.27. The third-order valence-electron chi connectivity index (χ3n) is 5.40. The van der Waals surface area contributed by atoms with E-state index in [4.69, 9.17) is 15.2 Å². The van der Waals surface area contributed by atoms with E-state index < -0.39 is 0 Å². The first kappa shape index (κ1) is 23.9. The van der Waals surface area contributed by atoms with Gasteiger partial charge in [0.15, 0.2) is 11.5 Å². The third-order valence-corrected chi connectivity index (χ3v) is 6.32. The molecule has 1 heterocycles. The maximum absolute atomic E-state index is 12.5. The number of ether oxygens (including phenoxy) is 2. The van der Waals surface area contributed by atoms with Gasteiger partial charge in [-0.2, -0.15) is 0 Å². The minimum Gasteiger partial charge on any atom is -0.493 e. The lowest BCUT2D eigenvalue weighted by atomic mass is 10.1. The molecule has 0 aliphatic carbocycles. The topological polar surface area (TPSA) is 85.6 Å². The highest BCUT2D eigenvalue weighted by Crippen LogP contribution is 2.31. The van der Waals surface area contributed by atoms with Crippen molar-refractivity contribution in [1.29, 1.82) is 0 Å². The lowest BCUT2D eigenvalue weighted by Gasteiger charge is -2.11. The minimum absolute atomic E-state index is 0.237. The molecule has 0 atom stereocenters. The molecular weight excluding hydrogens is 458 g/mol. The number of hydrogen-bond acceptors (Lipinski definition) is 6. The van der Waals surface area contributed by atoms with Gasteiger partial charge in [-0.15, -0.1) is 11.3 Å². The lowest BCUT2D eigenvalue weighted by molar-refractivity contribution is -0.111. The van der Waals surface area contributed by atoms with Crippen LogP contribution in [-0.4, -0.2) is 20.1 Å². The molecule has 1 amide bonds. The van der Waals surface area contributed by atoms with Crippen LogP contribution in [0.4, 0.5) is 17.1 Å². The number of anilines is 3. The molecule has 0 aliphatic rings. The zero-order valence-corrected chi connectivity index (χ0v) is 20.4. The number of nitrogens with two attached hydrogens (primary N) is 1. The summed E-state index contributed by atoms with van der Waals surface area (Å²) in [5.74, 6) is 1.13.